The van der Waals surface area contributed by atoms with Crippen molar-refractivity contribution in [2.45, 2.75) is 37.8 Å². The topological polar surface area (TPSA) is 58.2 Å². The normalized spacial score (nSPS) is 19.1. The molecule has 0 aliphatic heterocycles. The monoisotopic (exact) mass is 442 g/mol. The number of rotatable bonds is 6. The number of carbonyl (C=O) groups is 2. The van der Waals surface area contributed by atoms with Crippen molar-refractivity contribution in [3.05, 3.63) is 81.9 Å². The van der Waals surface area contributed by atoms with Crippen LogP contribution in [0.1, 0.15) is 36.8 Å². The molecular formula is C24H24Cl2N2O2. The van der Waals surface area contributed by atoms with E-state index < -0.39 is 0 Å². The Morgan fingerprint density at radius 3 is 1.43 bits per heavy atom. The van der Waals surface area contributed by atoms with Gasteiger partial charge in [-0.25, -0.2) is 0 Å². The van der Waals surface area contributed by atoms with Crippen LogP contribution in [0.25, 0.3) is 12.2 Å². The van der Waals surface area contributed by atoms with Crippen LogP contribution in [-0.2, 0) is 9.59 Å². The number of hydrogen-bond donors (Lipinski definition) is 2. The second-order valence-electron chi connectivity index (χ2n) is 7.28. The lowest BCUT2D eigenvalue weighted by molar-refractivity contribution is -0.120. The van der Waals surface area contributed by atoms with Gasteiger partial charge in [0, 0.05) is 34.3 Å². The number of carbonyl (C=O) groups excluding carboxylic acids is 2. The van der Waals surface area contributed by atoms with E-state index >= 15 is 0 Å². The molecule has 0 spiro atoms. The Bertz CT molecular complexity index is 844. The van der Waals surface area contributed by atoms with Gasteiger partial charge in [-0.3, -0.25) is 9.59 Å². The molecule has 1 aliphatic carbocycles. The molecule has 0 saturated heterocycles. The first-order valence-corrected chi connectivity index (χ1v) is 10.7. The van der Waals surface area contributed by atoms with Gasteiger partial charge in [-0.2, -0.15) is 0 Å². The van der Waals surface area contributed by atoms with E-state index in [4.69, 9.17) is 23.2 Å². The van der Waals surface area contributed by atoms with Crippen LogP contribution in [-0.4, -0.2) is 23.9 Å². The smallest absolute Gasteiger partial charge is 0.244 e. The quantitative estimate of drug-likeness (QED) is 0.599. The van der Waals surface area contributed by atoms with Gasteiger partial charge in [0.05, 0.1) is 0 Å². The third-order valence-corrected chi connectivity index (χ3v) is 5.52. The van der Waals surface area contributed by atoms with Crippen LogP contribution >= 0.6 is 23.2 Å². The van der Waals surface area contributed by atoms with Crippen molar-refractivity contribution >= 4 is 47.2 Å². The summed E-state index contributed by atoms with van der Waals surface area (Å²) in [4.78, 5) is 24.7. The zero-order valence-electron chi connectivity index (χ0n) is 16.5. The van der Waals surface area contributed by atoms with Crippen molar-refractivity contribution in [2.75, 3.05) is 0 Å². The van der Waals surface area contributed by atoms with Gasteiger partial charge in [0.25, 0.3) is 0 Å². The Labute approximate surface area is 187 Å². The van der Waals surface area contributed by atoms with Gasteiger partial charge in [0.2, 0.25) is 11.8 Å². The lowest BCUT2D eigenvalue weighted by atomic mass is 9.90. The second-order valence-corrected chi connectivity index (χ2v) is 8.16. The minimum atomic E-state index is -0.173. The predicted octanol–water partition coefficient (Wildman–Crippen LogP) is 5.26. The molecule has 1 fully saturated rings. The highest BCUT2D eigenvalue weighted by Gasteiger charge is 2.26. The van der Waals surface area contributed by atoms with Crippen LogP contribution < -0.4 is 10.6 Å². The first kappa shape index (κ1) is 22.1. The molecule has 2 atom stereocenters. The fraction of sp³-hybridized carbons (Fsp3) is 0.250. The summed E-state index contributed by atoms with van der Waals surface area (Å²) >= 11 is 11.8. The molecule has 2 aromatic carbocycles. The standard InChI is InChI=1S/C24H24Cl2N2O2/c25-19-11-5-17(6-12-19)9-15-23(29)27-21-3-1-2-4-22(21)28-24(30)16-10-18-7-13-20(26)14-8-18/h5-16,21-22H,1-4H2,(H,27,29)(H,28,30)/t21-,22?/m0/s1. The Kier molecular flexibility index (Phi) is 8.12. The molecule has 156 valence electrons. The lowest BCUT2D eigenvalue weighted by Gasteiger charge is -2.32. The number of nitrogens with one attached hydrogen (secondary N) is 2. The van der Waals surface area contributed by atoms with Crippen LogP contribution in [0.3, 0.4) is 0 Å². The molecule has 2 amide bonds. The van der Waals surface area contributed by atoms with Crippen LogP contribution in [0.4, 0.5) is 0 Å². The molecule has 6 heteroatoms. The van der Waals surface area contributed by atoms with Gasteiger partial charge in [-0.05, 0) is 60.4 Å². The molecule has 3 rings (SSSR count). The first-order valence-electron chi connectivity index (χ1n) is 9.98. The average molecular weight is 443 g/mol. The van der Waals surface area contributed by atoms with E-state index in [-0.39, 0.29) is 23.9 Å². The molecule has 1 saturated carbocycles. The zero-order valence-corrected chi connectivity index (χ0v) is 18.0. The van der Waals surface area contributed by atoms with Gasteiger partial charge in [0.15, 0.2) is 0 Å². The lowest BCUT2D eigenvalue weighted by Crippen LogP contribution is -2.52. The summed E-state index contributed by atoms with van der Waals surface area (Å²) in [5.74, 6) is -0.347. The van der Waals surface area contributed by atoms with E-state index in [9.17, 15) is 9.59 Å². The molecule has 1 unspecified atom stereocenters. The van der Waals surface area contributed by atoms with Gasteiger partial charge < -0.3 is 10.6 Å². The van der Waals surface area contributed by atoms with Gasteiger partial charge in [-0.1, -0.05) is 60.3 Å². The zero-order chi connectivity index (χ0) is 21.3. The average Bonchev–Trinajstić information content (AvgIpc) is 2.74. The number of amides is 2. The third-order valence-electron chi connectivity index (χ3n) is 5.02. The van der Waals surface area contributed by atoms with Crippen molar-refractivity contribution in [2.24, 2.45) is 0 Å². The minimum Gasteiger partial charge on any atom is -0.348 e. The maximum atomic E-state index is 12.4. The fourth-order valence-corrected chi connectivity index (χ4v) is 3.68. The molecule has 0 heterocycles. The number of hydrogen-bond acceptors (Lipinski definition) is 2. The highest BCUT2D eigenvalue weighted by atomic mass is 35.5. The highest BCUT2D eigenvalue weighted by molar-refractivity contribution is 6.30. The molecule has 0 radical (unpaired) electrons. The second kappa shape index (κ2) is 11.0. The van der Waals surface area contributed by atoms with E-state index in [1.807, 2.05) is 24.3 Å². The van der Waals surface area contributed by atoms with E-state index in [0.717, 1.165) is 36.8 Å². The summed E-state index contributed by atoms with van der Waals surface area (Å²) in [5.41, 5.74) is 1.80. The van der Waals surface area contributed by atoms with Crippen LogP contribution in [0.15, 0.2) is 60.7 Å². The maximum absolute atomic E-state index is 12.4. The van der Waals surface area contributed by atoms with Crippen molar-refractivity contribution in [3.63, 3.8) is 0 Å². The largest absolute Gasteiger partial charge is 0.348 e. The van der Waals surface area contributed by atoms with E-state index in [1.54, 1.807) is 36.4 Å². The SMILES string of the molecule is O=C(C=Cc1ccc(Cl)cc1)NC1CCCC[C@@H]1NC(=O)C=Cc1ccc(Cl)cc1. The van der Waals surface area contributed by atoms with Gasteiger partial charge in [-0.15, -0.1) is 0 Å². The Morgan fingerprint density at radius 2 is 1.07 bits per heavy atom. The molecule has 0 aromatic heterocycles. The molecule has 4 nitrogen and oxygen atoms in total. The number of benzene rings is 2. The van der Waals surface area contributed by atoms with Gasteiger partial charge in [0.1, 0.15) is 0 Å². The predicted molar refractivity (Wildman–Crippen MR) is 123 cm³/mol. The fourth-order valence-electron chi connectivity index (χ4n) is 3.43. The number of halogens is 2. The summed E-state index contributed by atoms with van der Waals surface area (Å²) < 4.78 is 0. The molecule has 30 heavy (non-hydrogen) atoms. The van der Waals surface area contributed by atoms with E-state index in [0.29, 0.717) is 10.0 Å². The summed E-state index contributed by atoms with van der Waals surface area (Å²) in [6.45, 7) is 0. The Balaban J connectivity index is 1.54. The maximum Gasteiger partial charge on any atom is 0.244 e. The minimum absolute atomic E-state index is 0.0889. The Hall–Kier alpha value is -2.56. The Morgan fingerprint density at radius 1 is 0.700 bits per heavy atom. The van der Waals surface area contributed by atoms with Crippen LogP contribution in [0.2, 0.25) is 10.0 Å². The molecule has 2 aromatic rings. The summed E-state index contributed by atoms with van der Waals surface area (Å²) in [5, 5.41) is 7.37. The summed E-state index contributed by atoms with van der Waals surface area (Å²) in [6.07, 6.45) is 10.2. The van der Waals surface area contributed by atoms with E-state index in [1.165, 1.54) is 12.2 Å². The van der Waals surface area contributed by atoms with Crippen molar-refractivity contribution < 1.29 is 9.59 Å². The molecule has 2 N–H and O–H groups in total. The van der Waals surface area contributed by atoms with Crippen molar-refractivity contribution in [3.8, 4) is 0 Å². The molecule has 1 aliphatic rings. The van der Waals surface area contributed by atoms with Crippen molar-refractivity contribution in [1.29, 1.82) is 0 Å². The summed E-state index contributed by atoms with van der Waals surface area (Å²) in [7, 11) is 0. The van der Waals surface area contributed by atoms with E-state index in [2.05, 4.69) is 10.6 Å². The summed E-state index contributed by atoms with van der Waals surface area (Å²) in [6, 6.07) is 14.3. The van der Waals surface area contributed by atoms with Crippen LogP contribution in [0, 0.1) is 0 Å². The van der Waals surface area contributed by atoms with Gasteiger partial charge >= 0.3 is 0 Å². The first-order chi connectivity index (χ1) is 14.5. The molecular weight excluding hydrogens is 419 g/mol. The molecule has 0 bridgehead atoms. The van der Waals surface area contributed by atoms with Crippen LogP contribution in [0.5, 0.6) is 0 Å². The van der Waals surface area contributed by atoms with Crippen molar-refractivity contribution in [1.82, 2.24) is 10.6 Å². The highest BCUT2D eigenvalue weighted by Crippen LogP contribution is 2.19. The third kappa shape index (κ3) is 7.05.